The van der Waals surface area contributed by atoms with Crippen LogP contribution in [0.15, 0.2) is 47.5 Å². The van der Waals surface area contributed by atoms with E-state index in [1.54, 1.807) is 10.8 Å². The second-order valence-electron chi connectivity index (χ2n) is 6.00. The van der Waals surface area contributed by atoms with Crippen LogP contribution < -0.4 is 15.5 Å². The maximum Gasteiger partial charge on any atom is 0.257 e. The van der Waals surface area contributed by atoms with Gasteiger partial charge in [-0.1, -0.05) is 18.2 Å². The van der Waals surface area contributed by atoms with Crippen molar-refractivity contribution in [3.63, 3.8) is 0 Å². The molecule has 0 aliphatic rings. The number of amides is 1. The van der Waals surface area contributed by atoms with Gasteiger partial charge in [0.2, 0.25) is 5.43 Å². The van der Waals surface area contributed by atoms with Crippen molar-refractivity contribution < 1.29 is 9.53 Å². The van der Waals surface area contributed by atoms with E-state index in [1.165, 1.54) is 6.07 Å². The Hall–Kier alpha value is -3.02. The van der Waals surface area contributed by atoms with Crippen molar-refractivity contribution in [3.8, 4) is 5.75 Å². The summed E-state index contributed by atoms with van der Waals surface area (Å²) in [4.78, 5) is 27.0. The number of aryl methyl sites for hydroxylation is 2. The molecule has 130 valence electrons. The van der Waals surface area contributed by atoms with E-state index in [9.17, 15) is 9.59 Å². The second-order valence-corrected chi connectivity index (χ2v) is 6.00. The second kappa shape index (κ2) is 7.25. The van der Waals surface area contributed by atoms with Crippen LogP contribution >= 0.6 is 0 Å². The van der Waals surface area contributed by atoms with E-state index >= 15 is 0 Å². The summed E-state index contributed by atoms with van der Waals surface area (Å²) < 4.78 is 7.12. The lowest BCUT2D eigenvalue weighted by Crippen LogP contribution is -2.31. The zero-order valence-corrected chi connectivity index (χ0v) is 14.3. The molecule has 1 aromatic carbocycles. The molecule has 0 atom stereocenters. The van der Waals surface area contributed by atoms with Crippen molar-refractivity contribution in [1.29, 1.82) is 0 Å². The van der Waals surface area contributed by atoms with Crippen LogP contribution in [0.25, 0.3) is 10.9 Å². The third-order valence-corrected chi connectivity index (χ3v) is 4.20. The summed E-state index contributed by atoms with van der Waals surface area (Å²) in [6.45, 7) is 2.17. The average molecular weight is 339 g/mol. The molecule has 0 unspecified atom stereocenters. The van der Waals surface area contributed by atoms with E-state index in [2.05, 4.69) is 16.4 Å². The van der Waals surface area contributed by atoms with Gasteiger partial charge in [-0.15, -0.1) is 0 Å². The zero-order valence-electron chi connectivity index (χ0n) is 14.3. The number of nitrogens with zero attached hydrogens (tertiary/aromatic N) is 1. The molecule has 0 spiro atoms. The first-order valence-corrected chi connectivity index (χ1v) is 8.16. The van der Waals surface area contributed by atoms with Gasteiger partial charge in [0.1, 0.15) is 0 Å². The van der Waals surface area contributed by atoms with Gasteiger partial charge in [0.25, 0.3) is 5.91 Å². The molecular weight excluding hydrogens is 318 g/mol. The van der Waals surface area contributed by atoms with Crippen molar-refractivity contribution in [2.75, 3.05) is 13.2 Å². The largest absolute Gasteiger partial charge is 0.478 e. The van der Waals surface area contributed by atoms with Crippen molar-refractivity contribution in [3.05, 3.63) is 64.2 Å². The molecule has 2 aromatic heterocycles. The van der Waals surface area contributed by atoms with Crippen molar-refractivity contribution in [2.45, 2.75) is 13.3 Å². The van der Waals surface area contributed by atoms with Crippen LogP contribution in [0.3, 0.4) is 0 Å². The molecule has 0 fully saturated rings. The summed E-state index contributed by atoms with van der Waals surface area (Å²) in [6.07, 6.45) is 4.28. The highest BCUT2D eigenvalue weighted by Crippen LogP contribution is 2.17. The minimum Gasteiger partial charge on any atom is -0.478 e. The fraction of sp³-hybridized carbons (Fsp3) is 0.263. The molecule has 2 N–H and O–H groups in total. The predicted octanol–water partition coefficient (Wildman–Crippen LogP) is 1.91. The van der Waals surface area contributed by atoms with Crippen LogP contribution in [0.2, 0.25) is 0 Å². The fourth-order valence-electron chi connectivity index (χ4n) is 2.68. The Morgan fingerprint density at radius 2 is 2.12 bits per heavy atom. The Morgan fingerprint density at radius 1 is 1.32 bits per heavy atom. The van der Waals surface area contributed by atoms with E-state index in [1.807, 2.05) is 38.4 Å². The van der Waals surface area contributed by atoms with Gasteiger partial charge in [0.15, 0.2) is 12.4 Å². The maximum absolute atomic E-state index is 11.9. The summed E-state index contributed by atoms with van der Waals surface area (Å²) >= 11 is 0. The first-order chi connectivity index (χ1) is 12.0. The number of carbonyl (C=O) groups excluding carboxylic acids is 1. The number of carbonyl (C=O) groups is 1. The molecule has 0 saturated heterocycles. The average Bonchev–Trinajstić information content (AvgIpc) is 3.00. The molecule has 25 heavy (non-hydrogen) atoms. The summed E-state index contributed by atoms with van der Waals surface area (Å²) in [5, 5.41) is 3.98. The van der Waals surface area contributed by atoms with Crippen LogP contribution in [0.1, 0.15) is 11.3 Å². The standard InChI is InChI=1S/C19H21N3O3/c1-13-9-17(23)18(11-22(13)2)25-12-19(24)20-8-7-14-10-21-16-6-4-3-5-15(14)16/h3-6,9-11,21H,7-8,12H2,1-2H3,(H,20,24). The van der Waals surface area contributed by atoms with Gasteiger partial charge in [-0.3, -0.25) is 9.59 Å². The number of hydrogen-bond acceptors (Lipinski definition) is 3. The number of benzene rings is 1. The molecule has 0 bridgehead atoms. The molecule has 0 aliphatic heterocycles. The summed E-state index contributed by atoms with van der Waals surface area (Å²) in [6, 6.07) is 9.54. The number of aromatic nitrogens is 2. The minimum atomic E-state index is -0.248. The van der Waals surface area contributed by atoms with E-state index in [4.69, 9.17) is 4.74 Å². The first kappa shape index (κ1) is 16.8. The first-order valence-electron chi connectivity index (χ1n) is 8.16. The SMILES string of the molecule is Cc1cc(=O)c(OCC(=O)NCCc2c[nH]c3ccccc23)cn1C. The molecular formula is C19H21N3O3. The molecule has 0 aliphatic carbocycles. The summed E-state index contributed by atoms with van der Waals surface area (Å²) in [5.74, 6) is -0.0673. The van der Waals surface area contributed by atoms with Gasteiger partial charge >= 0.3 is 0 Å². The van der Waals surface area contributed by atoms with Gasteiger partial charge in [-0.2, -0.15) is 0 Å². The molecule has 2 heterocycles. The van der Waals surface area contributed by atoms with E-state index in [0.29, 0.717) is 6.54 Å². The smallest absolute Gasteiger partial charge is 0.257 e. The topological polar surface area (TPSA) is 76.1 Å². The van der Waals surface area contributed by atoms with E-state index < -0.39 is 0 Å². The molecule has 3 aromatic rings. The third kappa shape index (κ3) is 3.91. The van der Waals surface area contributed by atoms with Crippen LogP contribution in [-0.2, 0) is 18.3 Å². The number of hydrogen-bond donors (Lipinski definition) is 2. The van der Waals surface area contributed by atoms with Crippen LogP contribution in [0, 0.1) is 6.92 Å². The number of nitrogens with one attached hydrogen (secondary N) is 2. The summed E-state index contributed by atoms with van der Waals surface area (Å²) in [7, 11) is 1.82. The third-order valence-electron chi connectivity index (χ3n) is 4.20. The summed E-state index contributed by atoms with van der Waals surface area (Å²) in [5.41, 5.74) is 2.86. The number of H-pyrrole nitrogens is 1. The lowest BCUT2D eigenvalue weighted by molar-refractivity contribution is -0.123. The molecule has 1 amide bonds. The molecule has 6 heteroatoms. The number of ether oxygens (including phenoxy) is 1. The Balaban J connectivity index is 1.50. The van der Waals surface area contributed by atoms with E-state index in [-0.39, 0.29) is 23.7 Å². The Labute approximate surface area is 145 Å². The van der Waals surface area contributed by atoms with Gasteiger partial charge < -0.3 is 19.6 Å². The van der Waals surface area contributed by atoms with Crippen molar-refractivity contribution in [1.82, 2.24) is 14.9 Å². The molecule has 3 rings (SSSR count). The number of para-hydroxylation sites is 1. The number of fused-ring (bicyclic) bond motifs is 1. The van der Waals surface area contributed by atoms with E-state index in [0.717, 1.165) is 28.6 Å². The number of rotatable bonds is 6. The Kier molecular flexibility index (Phi) is 4.88. The lowest BCUT2D eigenvalue weighted by atomic mass is 10.1. The highest BCUT2D eigenvalue weighted by molar-refractivity contribution is 5.83. The van der Waals surface area contributed by atoms with Crippen LogP contribution in [0.5, 0.6) is 5.75 Å². The van der Waals surface area contributed by atoms with Crippen LogP contribution in [-0.4, -0.2) is 28.6 Å². The Morgan fingerprint density at radius 3 is 2.96 bits per heavy atom. The van der Waals surface area contributed by atoms with Crippen molar-refractivity contribution >= 4 is 16.8 Å². The highest BCUT2D eigenvalue weighted by Gasteiger charge is 2.08. The van der Waals surface area contributed by atoms with Gasteiger partial charge in [-0.25, -0.2) is 0 Å². The Bertz CT molecular complexity index is 956. The fourth-order valence-corrected chi connectivity index (χ4v) is 2.68. The normalized spacial score (nSPS) is 10.8. The molecule has 6 nitrogen and oxygen atoms in total. The number of aromatic amines is 1. The van der Waals surface area contributed by atoms with Gasteiger partial charge in [-0.05, 0) is 25.0 Å². The van der Waals surface area contributed by atoms with Crippen LogP contribution in [0.4, 0.5) is 0 Å². The molecule has 0 radical (unpaired) electrons. The maximum atomic E-state index is 11.9. The lowest BCUT2D eigenvalue weighted by Gasteiger charge is -2.09. The quantitative estimate of drug-likeness (QED) is 0.720. The molecule has 0 saturated carbocycles. The zero-order chi connectivity index (χ0) is 17.8. The van der Waals surface area contributed by atoms with Gasteiger partial charge in [0.05, 0.1) is 0 Å². The van der Waals surface area contributed by atoms with Gasteiger partial charge in [0, 0.05) is 48.6 Å². The number of pyridine rings is 1. The minimum absolute atomic E-state index is 0.174. The predicted molar refractivity (Wildman–Crippen MR) is 96.9 cm³/mol. The highest BCUT2D eigenvalue weighted by atomic mass is 16.5. The van der Waals surface area contributed by atoms with Crippen molar-refractivity contribution in [2.24, 2.45) is 7.05 Å². The monoisotopic (exact) mass is 339 g/mol.